The smallest absolute Gasteiger partial charge is 0.168 e. The van der Waals surface area contributed by atoms with Gasteiger partial charge in [0.05, 0.1) is 7.11 Å². The van der Waals surface area contributed by atoms with Gasteiger partial charge in [-0.15, -0.1) is 0 Å². The molecular formula is C11H11BrO3. The van der Waals surface area contributed by atoms with Crippen molar-refractivity contribution in [3.8, 4) is 11.5 Å². The summed E-state index contributed by atoms with van der Waals surface area (Å²) in [5, 5.41) is 11.3. The van der Waals surface area contributed by atoms with E-state index in [0.29, 0.717) is 28.9 Å². The van der Waals surface area contributed by atoms with Crippen molar-refractivity contribution in [1.82, 2.24) is 0 Å². The molecule has 0 radical (unpaired) electrons. The van der Waals surface area contributed by atoms with Crippen LogP contribution in [0.15, 0.2) is 22.6 Å². The lowest BCUT2D eigenvalue weighted by atomic mass is 10.2. The monoisotopic (exact) mass is 270 g/mol. The number of aromatic hydroxyl groups is 1. The summed E-state index contributed by atoms with van der Waals surface area (Å²) >= 11 is 3.31. The van der Waals surface area contributed by atoms with Gasteiger partial charge in [-0.25, -0.2) is 0 Å². The van der Waals surface area contributed by atoms with Gasteiger partial charge in [0.25, 0.3) is 0 Å². The van der Waals surface area contributed by atoms with E-state index in [9.17, 15) is 5.11 Å². The Morgan fingerprint density at radius 1 is 1.47 bits per heavy atom. The molecule has 0 atom stereocenters. The fraction of sp³-hybridized carbons (Fsp3) is 0.273. The second-order valence-electron chi connectivity index (χ2n) is 3.15. The quantitative estimate of drug-likeness (QED) is 0.872. The van der Waals surface area contributed by atoms with Crippen LogP contribution >= 0.6 is 15.9 Å². The molecule has 3 nitrogen and oxygen atoms in total. The zero-order valence-corrected chi connectivity index (χ0v) is 9.87. The number of ether oxygens (including phenoxy) is 1. The number of methoxy groups -OCH3 is 1. The lowest BCUT2D eigenvalue weighted by Gasteiger charge is -1.99. The molecule has 0 fully saturated rings. The van der Waals surface area contributed by atoms with Gasteiger partial charge in [0, 0.05) is 11.8 Å². The maximum absolute atomic E-state index is 9.94. The van der Waals surface area contributed by atoms with E-state index >= 15 is 0 Å². The molecule has 2 aromatic rings. The molecule has 0 aliphatic rings. The van der Waals surface area contributed by atoms with E-state index < -0.39 is 0 Å². The Balaban J connectivity index is 2.65. The van der Waals surface area contributed by atoms with Crippen LogP contribution in [0.1, 0.15) is 5.76 Å². The fourth-order valence-corrected chi connectivity index (χ4v) is 1.94. The van der Waals surface area contributed by atoms with Gasteiger partial charge in [-0.05, 0) is 12.1 Å². The summed E-state index contributed by atoms with van der Waals surface area (Å²) in [5.41, 5.74) is 0.655. The number of aryl methyl sites for hydroxylation is 1. The lowest BCUT2D eigenvalue weighted by molar-refractivity contribution is 0.415. The van der Waals surface area contributed by atoms with Crippen molar-refractivity contribution in [1.29, 1.82) is 0 Å². The molecule has 0 amide bonds. The molecule has 0 unspecified atom stereocenters. The van der Waals surface area contributed by atoms with Crippen LogP contribution in [0, 0.1) is 0 Å². The molecule has 0 aliphatic heterocycles. The summed E-state index contributed by atoms with van der Waals surface area (Å²) in [6.45, 7) is 0. The third-order valence-corrected chi connectivity index (χ3v) is 2.66. The average molecular weight is 271 g/mol. The number of fused-ring (bicyclic) bond motifs is 1. The molecule has 80 valence electrons. The van der Waals surface area contributed by atoms with Crippen molar-refractivity contribution in [2.24, 2.45) is 0 Å². The number of halogens is 1. The van der Waals surface area contributed by atoms with Crippen molar-refractivity contribution in [3.63, 3.8) is 0 Å². The number of benzene rings is 1. The summed E-state index contributed by atoms with van der Waals surface area (Å²) in [5.74, 6) is 1.41. The molecule has 0 saturated heterocycles. The normalized spacial score (nSPS) is 10.8. The van der Waals surface area contributed by atoms with Crippen LogP contribution < -0.4 is 4.74 Å². The number of furan rings is 1. The molecule has 1 N–H and O–H groups in total. The van der Waals surface area contributed by atoms with Crippen LogP contribution in [0.3, 0.4) is 0 Å². The van der Waals surface area contributed by atoms with Crippen molar-refractivity contribution in [2.75, 3.05) is 12.4 Å². The lowest BCUT2D eigenvalue weighted by Crippen LogP contribution is -1.83. The highest BCUT2D eigenvalue weighted by molar-refractivity contribution is 9.09. The Hall–Kier alpha value is -1.16. The van der Waals surface area contributed by atoms with Gasteiger partial charge in [0.2, 0.25) is 0 Å². The van der Waals surface area contributed by atoms with Crippen molar-refractivity contribution < 1.29 is 14.3 Å². The minimum absolute atomic E-state index is 0.182. The molecule has 15 heavy (non-hydrogen) atoms. The van der Waals surface area contributed by atoms with Crippen LogP contribution in [0.5, 0.6) is 11.5 Å². The molecule has 1 aromatic carbocycles. The van der Waals surface area contributed by atoms with E-state index in [1.807, 2.05) is 12.1 Å². The second kappa shape index (κ2) is 4.14. The zero-order chi connectivity index (χ0) is 10.8. The molecule has 0 aliphatic carbocycles. The topological polar surface area (TPSA) is 42.6 Å². The fourth-order valence-electron chi connectivity index (χ4n) is 1.58. The van der Waals surface area contributed by atoms with Gasteiger partial charge in [0.1, 0.15) is 22.5 Å². The highest BCUT2D eigenvalue weighted by Gasteiger charge is 2.16. The summed E-state index contributed by atoms with van der Waals surface area (Å²) < 4.78 is 10.7. The first kappa shape index (κ1) is 10.4. The van der Waals surface area contributed by atoms with Gasteiger partial charge < -0.3 is 14.3 Å². The maximum Gasteiger partial charge on any atom is 0.168 e. The number of hydrogen-bond acceptors (Lipinski definition) is 3. The van der Waals surface area contributed by atoms with E-state index in [4.69, 9.17) is 9.15 Å². The van der Waals surface area contributed by atoms with Gasteiger partial charge in [-0.2, -0.15) is 0 Å². The Labute approximate surface area is 95.8 Å². The third-order valence-electron chi connectivity index (χ3n) is 2.26. The third kappa shape index (κ3) is 1.69. The molecule has 0 saturated carbocycles. The van der Waals surface area contributed by atoms with E-state index in [1.54, 1.807) is 13.2 Å². The largest absolute Gasteiger partial charge is 0.504 e. The predicted molar refractivity (Wildman–Crippen MR) is 61.9 cm³/mol. The van der Waals surface area contributed by atoms with Gasteiger partial charge >= 0.3 is 0 Å². The van der Waals surface area contributed by atoms with Gasteiger partial charge in [-0.1, -0.05) is 22.0 Å². The van der Waals surface area contributed by atoms with Crippen LogP contribution in [0.4, 0.5) is 0 Å². The number of rotatable bonds is 3. The average Bonchev–Trinajstić information content (AvgIpc) is 2.57. The van der Waals surface area contributed by atoms with E-state index in [0.717, 1.165) is 5.33 Å². The van der Waals surface area contributed by atoms with Crippen molar-refractivity contribution >= 4 is 26.9 Å². The summed E-state index contributed by atoms with van der Waals surface area (Å²) in [6.07, 6.45) is 0.656. The highest BCUT2D eigenvalue weighted by atomic mass is 79.9. The predicted octanol–water partition coefficient (Wildman–Crippen LogP) is 3.08. The molecule has 4 heteroatoms. The highest BCUT2D eigenvalue weighted by Crippen LogP contribution is 2.38. The van der Waals surface area contributed by atoms with Crippen molar-refractivity contribution in [2.45, 2.75) is 6.42 Å². The van der Waals surface area contributed by atoms with Gasteiger partial charge in [0.15, 0.2) is 5.75 Å². The summed E-state index contributed by atoms with van der Waals surface area (Å²) in [4.78, 5) is 0. The minimum Gasteiger partial charge on any atom is -0.504 e. The summed E-state index contributed by atoms with van der Waals surface area (Å²) in [6, 6.07) is 5.45. The molecule has 1 heterocycles. The zero-order valence-electron chi connectivity index (χ0n) is 8.29. The molecule has 2 rings (SSSR count). The SMILES string of the molecule is COc1cccc2oc(CCBr)c(O)c12. The molecule has 0 spiro atoms. The van der Waals surface area contributed by atoms with Crippen LogP contribution in [0.2, 0.25) is 0 Å². The van der Waals surface area contributed by atoms with Crippen LogP contribution in [-0.4, -0.2) is 17.5 Å². The first-order chi connectivity index (χ1) is 7.27. The standard InChI is InChI=1S/C11H11BrO3/c1-14-7-3-2-4-8-10(7)11(13)9(15-8)5-6-12/h2-4,13H,5-6H2,1H3. The second-order valence-corrected chi connectivity index (χ2v) is 3.94. The maximum atomic E-state index is 9.94. The Kier molecular flexibility index (Phi) is 2.86. The first-order valence-corrected chi connectivity index (χ1v) is 5.73. The summed E-state index contributed by atoms with van der Waals surface area (Å²) in [7, 11) is 1.57. The number of alkyl halides is 1. The van der Waals surface area contributed by atoms with Crippen LogP contribution in [-0.2, 0) is 6.42 Å². The molecule has 1 aromatic heterocycles. The first-order valence-electron chi connectivity index (χ1n) is 4.61. The molecular weight excluding hydrogens is 260 g/mol. The Morgan fingerprint density at radius 3 is 2.93 bits per heavy atom. The van der Waals surface area contributed by atoms with Gasteiger partial charge in [-0.3, -0.25) is 0 Å². The number of hydrogen-bond donors (Lipinski definition) is 1. The molecule has 0 bridgehead atoms. The van der Waals surface area contributed by atoms with E-state index in [1.165, 1.54) is 0 Å². The van der Waals surface area contributed by atoms with Crippen LogP contribution in [0.25, 0.3) is 11.0 Å². The Morgan fingerprint density at radius 2 is 2.27 bits per heavy atom. The van der Waals surface area contributed by atoms with E-state index in [-0.39, 0.29) is 5.75 Å². The Bertz CT molecular complexity index is 476. The van der Waals surface area contributed by atoms with Crippen molar-refractivity contribution in [3.05, 3.63) is 24.0 Å². The van der Waals surface area contributed by atoms with E-state index in [2.05, 4.69) is 15.9 Å². The minimum atomic E-state index is 0.182.